The Kier molecular flexibility index (Phi) is 11.5. The van der Waals surface area contributed by atoms with E-state index >= 15 is 0 Å². The number of nitrogens with one attached hydrogen (secondary N) is 2. The Morgan fingerprint density at radius 3 is 2.69 bits per heavy atom. The maximum Gasteiger partial charge on any atom is 0.207 e. The lowest BCUT2D eigenvalue weighted by molar-refractivity contribution is -0.109. The van der Waals surface area contributed by atoms with Crippen LogP contribution in [0.1, 0.15) is 63.8 Å². The lowest BCUT2D eigenvalue weighted by Crippen LogP contribution is -2.26. The first-order valence-electron chi connectivity index (χ1n) is 10.4. The van der Waals surface area contributed by atoms with Gasteiger partial charge in [0, 0.05) is 24.5 Å². The van der Waals surface area contributed by atoms with Gasteiger partial charge in [0.1, 0.15) is 0 Å². The highest BCUT2D eigenvalue weighted by Gasteiger charge is 2.13. The van der Waals surface area contributed by atoms with Crippen molar-refractivity contribution in [2.45, 2.75) is 53.5 Å². The number of carbonyl (C=O) groups is 1. The fraction of sp³-hybridized carbons (Fsp3) is 0.423. The first-order valence-corrected chi connectivity index (χ1v) is 10.4. The van der Waals surface area contributed by atoms with Crippen LogP contribution in [0.15, 0.2) is 48.6 Å². The van der Waals surface area contributed by atoms with Gasteiger partial charge in [0.2, 0.25) is 6.41 Å². The summed E-state index contributed by atoms with van der Waals surface area (Å²) in [6.45, 7) is 11.6. The second-order valence-corrected chi connectivity index (χ2v) is 7.71. The van der Waals surface area contributed by atoms with E-state index in [1.54, 1.807) is 0 Å². The van der Waals surface area contributed by atoms with Gasteiger partial charge in [-0.15, -0.1) is 0 Å². The quantitative estimate of drug-likeness (QED) is 0.380. The maximum absolute atomic E-state index is 10.4. The molecular weight excluding hydrogens is 356 g/mol. The smallest absolute Gasteiger partial charge is 0.207 e. The van der Waals surface area contributed by atoms with Crippen molar-refractivity contribution in [2.75, 3.05) is 13.1 Å². The zero-order valence-corrected chi connectivity index (χ0v) is 18.6. The van der Waals surface area contributed by atoms with Crippen LogP contribution >= 0.6 is 0 Å². The van der Waals surface area contributed by atoms with Gasteiger partial charge in [-0.1, -0.05) is 60.4 Å². The van der Waals surface area contributed by atoms with E-state index in [0.717, 1.165) is 19.4 Å². The van der Waals surface area contributed by atoms with E-state index < -0.39 is 0 Å². The Labute approximate surface area is 177 Å². The van der Waals surface area contributed by atoms with Crippen LogP contribution < -0.4 is 10.6 Å². The molecule has 0 heterocycles. The number of benzene rings is 1. The molecule has 1 aliphatic rings. The SMILES string of the molecule is C/C=C/C.CC(NC/C=C/C#CC(C)(C)CNC=O)c1cccc2c1C=CCC2. The number of amides is 1. The maximum atomic E-state index is 10.4. The standard InChI is InChI=1S/C22H28N2O.C4H8/c1-18(20-13-9-11-19-10-5-6-12-21(19)20)24-15-8-4-7-14-22(2,3)16-23-17-25;1-3-4-2/h4,6,8-9,11-13,17-18,24H,5,10,15-16H2,1-3H3,(H,23,25);3-4H,1-2H3/b8-4+;4-3+. The van der Waals surface area contributed by atoms with Crippen LogP contribution in [0, 0.1) is 17.3 Å². The van der Waals surface area contributed by atoms with E-state index in [1.807, 2.05) is 52.0 Å². The summed E-state index contributed by atoms with van der Waals surface area (Å²) in [5, 5.41) is 6.21. The summed E-state index contributed by atoms with van der Waals surface area (Å²) < 4.78 is 0. The van der Waals surface area contributed by atoms with E-state index in [2.05, 4.69) is 59.7 Å². The summed E-state index contributed by atoms with van der Waals surface area (Å²) in [5.74, 6) is 6.22. The average Bonchev–Trinajstić information content (AvgIpc) is 2.74. The highest BCUT2D eigenvalue weighted by atomic mass is 16.1. The Morgan fingerprint density at radius 2 is 2.00 bits per heavy atom. The van der Waals surface area contributed by atoms with Gasteiger partial charge in [-0.3, -0.25) is 4.79 Å². The largest absolute Gasteiger partial charge is 0.357 e. The van der Waals surface area contributed by atoms with Gasteiger partial charge in [0.05, 0.1) is 0 Å². The van der Waals surface area contributed by atoms with Crippen LogP contribution in [0.4, 0.5) is 0 Å². The Morgan fingerprint density at radius 1 is 1.24 bits per heavy atom. The minimum absolute atomic E-state index is 0.221. The fourth-order valence-corrected chi connectivity index (χ4v) is 2.92. The molecular formula is C26H36N2O. The minimum atomic E-state index is -0.221. The molecule has 0 aliphatic heterocycles. The van der Waals surface area contributed by atoms with Crippen molar-refractivity contribution in [2.24, 2.45) is 5.41 Å². The summed E-state index contributed by atoms with van der Waals surface area (Å²) >= 11 is 0. The second-order valence-electron chi connectivity index (χ2n) is 7.71. The molecule has 2 rings (SSSR count). The molecule has 0 radical (unpaired) electrons. The number of hydrogen-bond acceptors (Lipinski definition) is 2. The fourth-order valence-electron chi connectivity index (χ4n) is 2.92. The van der Waals surface area contributed by atoms with Crippen LogP contribution in [0.3, 0.4) is 0 Å². The molecule has 0 aromatic heterocycles. The highest BCUT2D eigenvalue weighted by Crippen LogP contribution is 2.26. The first kappa shape index (κ1) is 24.5. The number of allylic oxidation sites excluding steroid dienone is 4. The first-order chi connectivity index (χ1) is 13.9. The molecule has 0 spiro atoms. The minimum Gasteiger partial charge on any atom is -0.357 e. The molecule has 0 fully saturated rings. The van der Waals surface area contributed by atoms with Crippen molar-refractivity contribution in [1.82, 2.24) is 10.6 Å². The second kappa shape index (κ2) is 13.6. The molecule has 1 aliphatic carbocycles. The van der Waals surface area contributed by atoms with Gasteiger partial charge < -0.3 is 10.6 Å². The molecule has 0 saturated heterocycles. The normalized spacial score (nSPS) is 13.8. The van der Waals surface area contributed by atoms with E-state index in [4.69, 9.17) is 0 Å². The van der Waals surface area contributed by atoms with E-state index in [-0.39, 0.29) is 5.41 Å². The van der Waals surface area contributed by atoms with E-state index in [9.17, 15) is 4.79 Å². The molecule has 0 saturated carbocycles. The van der Waals surface area contributed by atoms with E-state index in [0.29, 0.717) is 19.0 Å². The molecule has 1 amide bonds. The van der Waals surface area contributed by atoms with Crippen LogP contribution in [0.5, 0.6) is 0 Å². The van der Waals surface area contributed by atoms with Crippen molar-refractivity contribution in [3.8, 4) is 11.8 Å². The van der Waals surface area contributed by atoms with Gasteiger partial charge in [-0.2, -0.15) is 0 Å². The number of rotatable bonds is 7. The van der Waals surface area contributed by atoms with Crippen LogP contribution in [0.25, 0.3) is 6.08 Å². The highest BCUT2D eigenvalue weighted by molar-refractivity contribution is 5.61. The molecule has 1 aromatic carbocycles. The van der Waals surface area contributed by atoms with Gasteiger partial charge in [0.25, 0.3) is 0 Å². The van der Waals surface area contributed by atoms with Crippen LogP contribution in [-0.2, 0) is 11.2 Å². The molecule has 3 nitrogen and oxygen atoms in total. The third-order valence-electron chi connectivity index (χ3n) is 4.68. The summed E-state index contributed by atoms with van der Waals surface area (Å²) in [7, 11) is 0. The third-order valence-corrected chi connectivity index (χ3v) is 4.68. The van der Waals surface area contributed by atoms with Crippen LogP contribution in [-0.4, -0.2) is 19.5 Å². The molecule has 0 bridgehead atoms. The number of carbonyl (C=O) groups excluding carboxylic acids is 1. The summed E-state index contributed by atoms with van der Waals surface area (Å²) in [6.07, 6.45) is 15.4. The molecule has 1 unspecified atom stereocenters. The predicted octanol–water partition coefficient (Wildman–Crippen LogP) is 5.21. The lowest BCUT2D eigenvalue weighted by atomic mass is 9.90. The summed E-state index contributed by atoms with van der Waals surface area (Å²) in [6, 6.07) is 6.88. The molecule has 1 atom stereocenters. The van der Waals surface area contributed by atoms with Crippen molar-refractivity contribution in [3.05, 3.63) is 65.3 Å². The van der Waals surface area contributed by atoms with Crippen molar-refractivity contribution >= 4 is 12.5 Å². The zero-order chi connectivity index (χ0) is 21.5. The molecule has 156 valence electrons. The molecule has 2 N–H and O–H groups in total. The van der Waals surface area contributed by atoms with Crippen molar-refractivity contribution in [1.29, 1.82) is 0 Å². The summed E-state index contributed by atoms with van der Waals surface area (Å²) in [4.78, 5) is 10.4. The van der Waals surface area contributed by atoms with Crippen LogP contribution in [0.2, 0.25) is 0 Å². The number of fused-ring (bicyclic) bond motifs is 1. The Bertz CT molecular complexity index is 772. The van der Waals surface area contributed by atoms with Gasteiger partial charge >= 0.3 is 0 Å². The van der Waals surface area contributed by atoms with E-state index in [1.165, 1.54) is 16.7 Å². The monoisotopic (exact) mass is 392 g/mol. The predicted molar refractivity (Wildman–Crippen MR) is 125 cm³/mol. The third kappa shape index (κ3) is 9.45. The van der Waals surface area contributed by atoms with Gasteiger partial charge in [-0.05, 0) is 70.2 Å². The molecule has 1 aromatic rings. The lowest BCUT2D eigenvalue weighted by Gasteiger charge is -2.20. The molecule has 3 heteroatoms. The summed E-state index contributed by atoms with van der Waals surface area (Å²) in [5.41, 5.74) is 3.96. The average molecular weight is 393 g/mol. The Hall–Kier alpha value is -2.57. The van der Waals surface area contributed by atoms with Crippen molar-refractivity contribution < 1.29 is 4.79 Å². The van der Waals surface area contributed by atoms with Gasteiger partial charge in [-0.25, -0.2) is 0 Å². The van der Waals surface area contributed by atoms with Gasteiger partial charge in [0.15, 0.2) is 0 Å². The van der Waals surface area contributed by atoms with Crippen molar-refractivity contribution in [3.63, 3.8) is 0 Å². The zero-order valence-electron chi connectivity index (χ0n) is 18.6. The topological polar surface area (TPSA) is 41.1 Å². The molecule has 29 heavy (non-hydrogen) atoms. The Balaban J connectivity index is 0.000000960. The number of hydrogen-bond donors (Lipinski definition) is 2. The number of aryl methyl sites for hydroxylation is 1.